The van der Waals surface area contributed by atoms with E-state index in [1.165, 1.54) is 37.0 Å². The molecule has 0 aromatic carbocycles. The van der Waals surface area contributed by atoms with Crippen LogP contribution in [-0.2, 0) is 11.2 Å². The van der Waals surface area contributed by atoms with Gasteiger partial charge in [0, 0.05) is 12.8 Å². The second kappa shape index (κ2) is 7.72. The first kappa shape index (κ1) is 18.0. The van der Waals surface area contributed by atoms with Gasteiger partial charge in [0.2, 0.25) is 11.8 Å². The van der Waals surface area contributed by atoms with Crippen molar-refractivity contribution in [1.82, 2.24) is 9.97 Å². The van der Waals surface area contributed by atoms with Crippen molar-refractivity contribution < 1.29 is 9.21 Å². The number of aryl methyl sites for hydroxylation is 1. The van der Waals surface area contributed by atoms with Crippen LogP contribution in [0.3, 0.4) is 0 Å². The molecular formula is C19H25N3O2S2. The molecule has 4 rings (SSSR count). The van der Waals surface area contributed by atoms with Crippen LogP contribution in [0.1, 0.15) is 62.9 Å². The highest BCUT2D eigenvalue weighted by atomic mass is 32.2. The molecule has 2 bridgehead atoms. The largest absolute Gasteiger partial charge is 0.445 e. The third-order valence-corrected chi connectivity index (χ3v) is 7.76. The number of fused-ring (bicyclic) bond motifs is 2. The molecule has 140 valence electrons. The molecule has 0 spiro atoms. The van der Waals surface area contributed by atoms with Crippen molar-refractivity contribution in [2.45, 2.75) is 61.8 Å². The summed E-state index contributed by atoms with van der Waals surface area (Å²) in [7, 11) is 0. The fourth-order valence-electron chi connectivity index (χ4n) is 4.31. The van der Waals surface area contributed by atoms with Crippen LogP contribution in [-0.4, -0.2) is 15.9 Å². The van der Waals surface area contributed by atoms with E-state index in [4.69, 9.17) is 4.42 Å². The number of nitrogens with one attached hydrogen (secondary N) is 1. The van der Waals surface area contributed by atoms with Crippen molar-refractivity contribution in [3.8, 4) is 0 Å². The van der Waals surface area contributed by atoms with Gasteiger partial charge in [-0.3, -0.25) is 4.79 Å². The lowest BCUT2D eigenvalue weighted by Gasteiger charge is -2.20. The number of aromatic nitrogens is 2. The van der Waals surface area contributed by atoms with Gasteiger partial charge in [0.1, 0.15) is 5.76 Å². The molecule has 2 heterocycles. The first-order valence-electron chi connectivity index (χ1n) is 9.47. The van der Waals surface area contributed by atoms with Crippen molar-refractivity contribution in [2.75, 3.05) is 5.32 Å². The number of amides is 1. The Bertz CT molecular complexity index is 772. The quantitative estimate of drug-likeness (QED) is 0.648. The minimum Gasteiger partial charge on any atom is -0.445 e. The van der Waals surface area contributed by atoms with Crippen LogP contribution < -0.4 is 5.32 Å². The minimum atomic E-state index is 0.113. The minimum absolute atomic E-state index is 0.113. The number of rotatable bonds is 7. The van der Waals surface area contributed by atoms with Gasteiger partial charge in [0.15, 0.2) is 5.13 Å². The lowest BCUT2D eigenvalue weighted by molar-refractivity contribution is -0.117. The molecule has 26 heavy (non-hydrogen) atoms. The maximum Gasteiger partial charge on any atom is 0.226 e. The van der Waals surface area contributed by atoms with Crippen molar-refractivity contribution >= 4 is 34.1 Å². The predicted molar refractivity (Wildman–Crippen MR) is 104 cm³/mol. The number of anilines is 1. The van der Waals surface area contributed by atoms with Gasteiger partial charge in [-0.2, -0.15) is 0 Å². The standard InChI is InChI=1S/C19H25N3O2S2/c1-3-15-9-20-18(24-15)11(2)25-17-10-21-19(26-17)22-16(23)8-14-7-12-4-5-13(14)6-12/h9-14H,3-8H2,1-2H3,(H,21,22,23)/t11?,12-,13+,14?/m1/s1. The van der Waals surface area contributed by atoms with Crippen molar-refractivity contribution in [3.05, 3.63) is 24.0 Å². The Kier molecular flexibility index (Phi) is 5.36. The Morgan fingerprint density at radius 3 is 2.96 bits per heavy atom. The highest BCUT2D eigenvalue weighted by Gasteiger charge is 2.40. The number of carbonyl (C=O) groups is 1. The monoisotopic (exact) mass is 391 g/mol. The number of carbonyl (C=O) groups excluding carboxylic acids is 1. The fraction of sp³-hybridized carbons (Fsp3) is 0.632. The normalized spacial score (nSPS) is 25.5. The molecule has 5 nitrogen and oxygen atoms in total. The van der Waals surface area contributed by atoms with E-state index in [2.05, 4.69) is 29.1 Å². The molecule has 2 aromatic heterocycles. The smallest absolute Gasteiger partial charge is 0.226 e. The first-order chi connectivity index (χ1) is 12.6. The summed E-state index contributed by atoms with van der Waals surface area (Å²) in [5, 5.41) is 3.80. The van der Waals surface area contributed by atoms with Crippen LogP contribution in [0.5, 0.6) is 0 Å². The molecule has 2 unspecified atom stereocenters. The molecule has 0 radical (unpaired) electrons. The van der Waals surface area contributed by atoms with E-state index < -0.39 is 0 Å². The second-order valence-electron chi connectivity index (χ2n) is 7.45. The van der Waals surface area contributed by atoms with E-state index in [0.717, 1.165) is 34.1 Å². The fourth-order valence-corrected chi connectivity index (χ4v) is 6.41. The summed E-state index contributed by atoms with van der Waals surface area (Å²) < 4.78 is 6.78. The van der Waals surface area contributed by atoms with Crippen molar-refractivity contribution in [2.24, 2.45) is 17.8 Å². The summed E-state index contributed by atoms with van der Waals surface area (Å²) in [6.07, 6.45) is 10.4. The van der Waals surface area contributed by atoms with Crippen LogP contribution in [0.15, 0.2) is 21.0 Å². The lowest BCUT2D eigenvalue weighted by Crippen LogP contribution is -2.20. The summed E-state index contributed by atoms with van der Waals surface area (Å²) in [4.78, 5) is 21.1. The molecule has 4 atom stereocenters. The van der Waals surface area contributed by atoms with Gasteiger partial charge in [-0.15, -0.1) is 11.8 Å². The Balaban J connectivity index is 1.29. The summed E-state index contributed by atoms with van der Waals surface area (Å²) in [6, 6.07) is 0. The Morgan fingerprint density at radius 1 is 1.38 bits per heavy atom. The average Bonchev–Trinajstić information content (AvgIpc) is 3.39. The molecule has 2 saturated carbocycles. The zero-order valence-electron chi connectivity index (χ0n) is 15.2. The van der Waals surface area contributed by atoms with Gasteiger partial charge in [0.05, 0.1) is 21.9 Å². The number of oxazole rings is 1. The maximum atomic E-state index is 12.4. The van der Waals surface area contributed by atoms with Gasteiger partial charge in [-0.05, 0) is 43.9 Å². The molecule has 2 aliphatic carbocycles. The molecule has 2 aliphatic rings. The van der Waals surface area contributed by atoms with Crippen LogP contribution in [0, 0.1) is 17.8 Å². The predicted octanol–water partition coefficient (Wildman–Crippen LogP) is 5.31. The lowest BCUT2D eigenvalue weighted by atomic mass is 9.86. The second-order valence-corrected chi connectivity index (χ2v) is 10.1. The van der Waals surface area contributed by atoms with Crippen molar-refractivity contribution in [3.63, 3.8) is 0 Å². The molecule has 1 N–H and O–H groups in total. The molecule has 2 fully saturated rings. The molecule has 7 heteroatoms. The number of thiazole rings is 1. The third-order valence-electron chi connectivity index (χ3n) is 5.62. The molecule has 0 saturated heterocycles. The van der Waals surface area contributed by atoms with E-state index in [1.54, 1.807) is 18.0 Å². The Morgan fingerprint density at radius 2 is 2.27 bits per heavy atom. The Labute approximate surface area is 162 Å². The molecule has 0 aliphatic heterocycles. The first-order valence-corrected chi connectivity index (χ1v) is 11.2. The third kappa shape index (κ3) is 3.98. The van der Waals surface area contributed by atoms with Gasteiger partial charge < -0.3 is 9.73 Å². The zero-order chi connectivity index (χ0) is 18.1. The van der Waals surface area contributed by atoms with Crippen LogP contribution >= 0.6 is 23.1 Å². The van der Waals surface area contributed by atoms with E-state index in [0.29, 0.717) is 17.5 Å². The summed E-state index contributed by atoms with van der Waals surface area (Å²) >= 11 is 3.18. The van der Waals surface area contributed by atoms with E-state index in [9.17, 15) is 4.79 Å². The number of nitrogens with zero attached hydrogens (tertiary/aromatic N) is 2. The van der Waals surface area contributed by atoms with Gasteiger partial charge in [0.25, 0.3) is 0 Å². The molecular weight excluding hydrogens is 366 g/mol. The number of hydrogen-bond acceptors (Lipinski definition) is 6. The van der Waals surface area contributed by atoms with Crippen LogP contribution in [0.2, 0.25) is 0 Å². The number of thioether (sulfide) groups is 1. The average molecular weight is 392 g/mol. The number of hydrogen-bond donors (Lipinski definition) is 1. The Hall–Kier alpha value is -1.34. The topological polar surface area (TPSA) is 68.0 Å². The van der Waals surface area contributed by atoms with Crippen molar-refractivity contribution in [1.29, 1.82) is 0 Å². The van der Waals surface area contributed by atoms with Gasteiger partial charge in [-0.1, -0.05) is 24.7 Å². The molecule has 1 amide bonds. The summed E-state index contributed by atoms with van der Waals surface area (Å²) in [5.74, 6) is 4.00. The zero-order valence-corrected chi connectivity index (χ0v) is 16.9. The van der Waals surface area contributed by atoms with E-state index >= 15 is 0 Å². The van der Waals surface area contributed by atoms with Gasteiger partial charge in [-0.25, -0.2) is 9.97 Å². The van der Waals surface area contributed by atoms with E-state index in [1.807, 2.05) is 6.20 Å². The highest BCUT2D eigenvalue weighted by molar-refractivity contribution is 8.01. The van der Waals surface area contributed by atoms with E-state index in [-0.39, 0.29) is 11.2 Å². The highest BCUT2D eigenvalue weighted by Crippen LogP contribution is 2.49. The summed E-state index contributed by atoms with van der Waals surface area (Å²) in [6.45, 7) is 4.12. The maximum absolute atomic E-state index is 12.4. The van der Waals surface area contributed by atoms with Gasteiger partial charge >= 0.3 is 0 Å². The SMILES string of the molecule is CCc1cnc(C(C)Sc2cnc(NC(=O)CC3C[C@@H]4CC[C@H]3C4)s2)o1. The van der Waals surface area contributed by atoms with Crippen LogP contribution in [0.25, 0.3) is 0 Å². The molecule has 2 aromatic rings. The summed E-state index contributed by atoms with van der Waals surface area (Å²) in [5.41, 5.74) is 0. The van der Waals surface area contributed by atoms with Crippen LogP contribution in [0.4, 0.5) is 5.13 Å².